The van der Waals surface area contributed by atoms with Crippen LogP contribution >= 0.6 is 31.9 Å². The van der Waals surface area contributed by atoms with Gasteiger partial charge in [-0.25, -0.2) is 0 Å². The van der Waals surface area contributed by atoms with Crippen LogP contribution in [0, 0.1) is 0 Å². The molecule has 0 unspecified atom stereocenters. The normalized spacial score (nSPS) is 10.5. The maximum absolute atomic E-state index is 12.4. The lowest BCUT2D eigenvalue weighted by atomic mass is 10.0. The number of benzene rings is 2. The van der Waals surface area contributed by atoms with E-state index in [2.05, 4.69) is 38.8 Å². The minimum Gasteiger partial charge on any atom is -0.289 e. The molecule has 3 heteroatoms. The second-order valence-corrected chi connectivity index (χ2v) is 6.27. The number of hydrogen-bond donors (Lipinski definition) is 0. The van der Waals surface area contributed by atoms with E-state index in [1.165, 1.54) is 5.56 Å². The largest absolute Gasteiger partial charge is 0.289 e. The first-order chi connectivity index (χ1) is 9.10. The predicted octanol–water partition coefficient (Wildman–Crippen LogP) is 5.40. The lowest BCUT2D eigenvalue weighted by molar-refractivity contribution is 0.103. The van der Waals surface area contributed by atoms with E-state index in [0.29, 0.717) is 5.56 Å². The number of aryl methyl sites for hydroxylation is 1. The van der Waals surface area contributed by atoms with Gasteiger partial charge in [0, 0.05) is 20.1 Å². The molecule has 0 spiro atoms. The fourth-order valence-corrected chi connectivity index (χ4v) is 3.26. The predicted molar refractivity (Wildman–Crippen MR) is 85.7 cm³/mol. The SMILES string of the molecule is CCCc1ccc(C(=O)c2cc(Br)cc(Br)c2)cc1. The van der Waals surface area contributed by atoms with Crippen molar-refractivity contribution in [3.05, 3.63) is 68.1 Å². The number of hydrogen-bond acceptors (Lipinski definition) is 1. The van der Waals surface area contributed by atoms with Crippen molar-refractivity contribution in [2.75, 3.05) is 0 Å². The van der Waals surface area contributed by atoms with Crippen molar-refractivity contribution < 1.29 is 4.79 Å². The molecule has 0 amide bonds. The van der Waals surface area contributed by atoms with Gasteiger partial charge < -0.3 is 0 Å². The van der Waals surface area contributed by atoms with Crippen molar-refractivity contribution in [1.29, 1.82) is 0 Å². The third kappa shape index (κ3) is 3.77. The summed E-state index contributed by atoms with van der Waals surface area (Å²) in [5, 5.41) is 0. The summed E-state index contributed by atoms with van der Waals surface area (Å²) in [5.74, 6) is 0.0463. The van der Waals surface area contributed by atoms with Gasteiger partial charge in [0.05, 0.1) is 0 Å². The van der Waals surface area contributed by atoms with E-state index in [1.54, 1.807) is 0 Å². The van der Waals surface area contributed by atoms with Crippen molar-refractivity contribution >= 4 is 37.6 Å². The van der Waals surface area contributed by atoms with Crippen LogP contribution in [0.25, 0.3) is 0 Å². The molecule has 2 rings (SSSR count). The Balaban J connectivity index is 2.28. The third-order valence-corrected chi connectivity index (χ3v) is 3.80. The van der Waals surface area contributed by atoms with Gasteiger partial charge in [-0.1, -0.05) is 69.5 Å². The lowest BCUT2D eigenvalue weighted by Gasteiger charge is -2.05. The molecule has 1 nitrogen and oxygen atoms in total. The lowest BCUT2D eigenvalue weighted by Crippen LogP contribution is -2.01. The first kappa shape index (κ1) is 14.5. The Morgan fingerprint density at radius 1 is 0.947 bits per heavy atom. The van der Waals surface area contributed by atoms with Crippen molar-refractivity contribution in [1.82, 2.24) is 0 Å². The molecule has 0 heterocycles. The zero-order valence-corrected chi connectivity index (χ0v) is 13.8. The molecule has 0 aliphatic carbocycles. The van der Waals surface area contributed by atoms with Gasteiger partial charge in [0.2, 0.25) is 0 Å². The van der Waals surface area contributed by atoms with E-state index in [-0.39, 0.29) is 5.78 Å². The minimum atomic E-state index is 0.0463. The first-order valence-corrected chi connectivity index (χ1v) is 7.78. The van der Waals surface area contributed by atoms with Crippen LogP contribution < -0.4 is 0 Å². The molecule has 0 aliphatic rings. The molecule has 0 aliphatic heterocycles. The first-order valence-electron chi connectivity index (χ1n) is 6.20. The summed E-state index contributed by atoms with van der Waals surface area (Å²) in [4.78, 5) is 12.4. The number of carbonyl (C=O) groups is 1. The van der Waals surface area contributed by atoms with Gasteiger partial charge in [-0.3, -0.25) is 4.79 Å². The summed E-state index contributed by atoms with van der Waals surface area (Å²) in [6.45, 7) is 2.15. The van der Waals surface area contributed by atoms with E-state index in [9.17, 15) is 4.79 Å². The van der Waals surface area contributed by atoms with Gasteiger partial charge in [0.15, 0.2) is 5.78 Å². The van der Waals surface area contributed by atoms with Gasteiger partial charge in [-0.15, -0.1) is 0 Å². The van der Waals surface area contributed by atoms with Crippen LogP contribution in [0.15, 0.2) is 51.4 Å². The molecule has 2 aromatic rings. The van der Waals surface area contributed by atoms with Crippen LogP contribution in [0.2, 0.25) is 0 Å². The summed E-state index contributed by atoms with van der Waals surface area (Å²) in [6.07, 6.45) is 2.17. The number of rotatable bonds is 4. The average molecular weight is 382 g/mol. The minimum absolute atomic E-state index is 0.0463. The van der Waals surface area contributed by atoms with Crippen LogP contribution in [-0.4, -0.2) is 5.78 Å². The maximum atomic E-state index is 12.4. The average Bonchev–Trinajstić information content (AvgIpc) is 2.38. The highest BCUT2D eigenvalue weighted by Crippen LogP contribution is 2.22. The molecule has 0 N–H and O–H groups in total. The second-order valence-electron chi connectivity index (χ2n) is 4.43. The van der Waals surface area contributed by atoms with Gasteiger partial charge in [-0.05, 0) is 30.2 Å². The van der Waals surface area contributed by atoms with Crippen LogP contribution in [0.4, 0.5) is 0 Å². The molecule has 0 bridgehead atoms. The van der Waals surface area contributed by atoms with E-state index in [1.807, 2.05) is 42.5 Å². The van der Waals surface area contributed by atoms with Crippen LogP contribution in [0.3, 0.4) is 0 Å². The van der Waals surface area contributed by atoms with Crippen LogP contribution in [-0.2, 0) is 6.42 Å². The molecule has 98 valence electrons. The molecular weight excluding hydrogens is 368 g/mol. The van der Waals surface area contributed by atoms with Gasteiger partial charge in [0.1, 0.15) is 0 Å². The fraction of sp³-hybridized carbons (Fsp3) is 0.188. The Morgan fingerprint density at radius 3 is 2.05 bits per heavy atom. The van der Waals surface area contributed by atoms with Crippen molar-refractivity contribution in [3.63, 3.8) is 0 Å². The Morgan fingerprint density at radius 2 is 1.53 bits per heavy atom. The monoisotopic (exact) mass is 380 g/mol. The molecule has 0 aromatic heterocycles. The summed E-state index contributed by atoms with van der Waals surface area (Å²) >= 11 is 6.81. The molecule has 0 saturated carbocycles. The van der Waals surface area contributed by atoms with Gasteiger partial charge >= 0.3 is 0 Å². The molecular formula is C16H14Br2O. The molecule has 19 heavy (non-hydrogen) atoms. The number of halogens is 2. The maximum Gasteiger partial charge on any atom is 0.193 e. The highest BCUT2D eigenvalue weighted by atomic mass is 79.9. The molecule has 0 atom stereocenters. The summed E-state index contributed by atoms with van der Waals surface area (Å²) in [6, 6.07) is 13.5. The van der Waals surface area contributed by atoms with E-state index >= 15 is 0 Å². The zero-order valence-electron chi connectivity index (χ0n) is 10.6. The van der Waals surface area contributed by atoms with Gasteiger partial charge in [-0.2, -0.15) is 0 Å². The fourth-order valence-electron chi connectivity index (χ4n) is 1.96. The molecule has 0 radical (unpaired) electrons. The Hall–Kier alpha value is -0.930. The van der Waals surface area contributed by atoms with E-state index in [4.69, 9.17) is 0 Å². The van der Waals surface area contributed by atoms with Gasteiger partial charge in [0.25, 0.3) is 0 Å². The molecule has 0 saturated heterocycles. The quantitative estimate of drug-likeness (QED) is 0.648. The number of carbonyl (C=O) groups excluding carboxylic acids is 1. The number of ketones is 1. The van der Waals surface area contributed by atoms with Crippen molar-refractivity contribution in [3.8, 4) is 0 Å². The zero-order chi connectivity index (χ0) is 13.8. The Labute approximate surface area is 130 Å². The Bertz CT molecular complexity index is 568. The summed E-state index contributed by atoms with van der Waals surface area (Å²) < 4.78 is 1.79. The van der Waals surface area contributed by atoms with Crippen LogP contribution in [0.5, 0.6) is 0 Å². The highest BCUT2D eigenvalue weighted by Gasteiger charge is 2.10. The van der Waals surface area contributed by atoms with Crippen LogP contribution in [0.1, 0.15) is 34.8 Å². The standard InChI is InChI=1S/C16H14Br2O/c1-2-3-11-4-6-12(7-5-11)16(19)13-8-14(17)10-15(18)9-13/h4-10H,2-3H2,1H3. The second kappa shape index (κ2) is 6.49. The van der Waals surface area contributed by atoms with Crippen molar-refractivity contribution in [2.24, 2.45) is 0 Å². The summed E-state index contributed by atoms with van der Waals surface area (Å²) in [5.41, 5.74) is 2.68. The Kier molecular flexibility index (Phi) is 4.94. The smallest absolute Gasteiger partial charge is 0.193 e. The molecule has 0 fully saturated rings. The van der Waals surface area contributed by atoms with E-state index < -0.39 is 0 Å². The highest BCUT2D eigenvalue weighted by molar-refractivity contribution is 9.11. The van der Waals surface area contributed by atoms with Crippen molar-refractivity contribution in [2.45, 2.75) is 19.8 Å². The topological polar surface area (TPSA) is 17.1 Å². The molecule has 2 aromatic carbocycles. The third-order valence-electron chi connectivity index (χ3n) is 2.88. The van der Waals surface area contributed by atoms with E-state index in [0.717, 1.165) is 27.4 Å². The summed E-state index contributed by atoms with van der Waals surface area (Å²) in [7, 11) is 0.